The summed E-state index contributed by atoms with van der Waals surface area (Å²) < 4.78 is 4.78. The lowest BCUT2D eigenvalue weighted by atomic mass is 10.1. The van der Waals surface area contributed by atoms with Crippen LogP contribution in [0.25, 0.3) is 11.3 Å². The summed E-state index contributed by atoms with van der Waals surface area (Å²) >= 11 is 0. The fraction of sp³-hybridized carbons (Fsp3) is 0. The fourth-order valence-electron chi connectivity index (χ4n) is 1.25. The molecule has 1 aromatic carbocycles. The Morgan fingerprint density at radius 3 is 2.79 bits per heavy atom. The van der Waals surface area contributed by atoms with Crippen LogP contribution in [-0.4, -0.2) is 5.16 Å². The highest BCUT2D eigenvalue weighted by molar-refractivity contribution is 5.68. The van der Waals surface area contributed by atoms with Crippen molar-refractivity contribution in [2.75, 3.05) is 5.73 Å². The topological polar surface area (TPSA) is 52.0 Å². The van der Waals surface area contributed by atoms with Crippen molar-refractivity contribution in [1.82, 2.24) is 5.16 Å². The molecular formula is C11H8N2O. The molecule has 0 amide bonds. The summed E-state index contributed by atoms with van der Waals surface area (Å²) in [7, 11) is 0. The minimum atomic E-state index is 0.284. The number of nitrogens with two attached hydrogens (primary N) is 1. The SMILES string of the molecule is C#Cc1ccccc1-c1cc(N)on1. The first kappa shape index (κ1) is 8.39. The summed E-state index contributed by atoms with van der Waals surface area (Å²) in [4.78, 5) is 0. The lowest BCUT2D eigenvalue weighted by Gasteiger charge is -1.97. The molecule has 0 aliphatic heterocycles. The Labute approximate surface area is 81.5 Å². The molecule has 0 bridgehead atoms. The van der Waals surface area contributed by atoms with Gasteiger partial charge in [0.2, 0.25) is 5.88 Å². The van der Waals surface area contributed by atoms with E-state index < -0.39 is 0 Å². The lowest BCUT2D eigenvalue weighted by molar-refractivity contribution is 0.439. The molecule has 0 aliphatic carbocycles. The van der Waals surface area contributed by atoms with E-state index in [4.69, 9.17) is 16.7 Å². The largest absolute Gasteiger partial charge is 0.368 e. The normalized spacial score (nSPS) is 9.64. The molecular weight excluding hydrogens is 176 g/mol. The monoisotopic (exact) mass is 184 g/mol. The average Bonchev–Trinajstić information content (AvgIpc) is 2.65. The van der Waals surface area contributed by atoms with Crippen molar-refractivity contribution in [2.45, 2.75) is 0 Å². The van der Waals surface area contributed by atoms with E-state index in [9.17, 15) is 0 Å². The molecule has 0 aliphatic rings. The third-order valence-electron chi connectivity index (χ3n) is 1.89. The number of rotatable bonds is 1. The molecule has 2 rings (SSSR count). The Hall–Kier alpha value is -2.21. The van der Waals surface area contributed by atoms with E-state index in [2.05, 4.69) is 11.1 Å². The van der Waals surface area contributed by atoms with Crippen LogP contribution in [0.2, 0.25) is 0 Å². The number of nitrogen functional groups attached to an aromatic ring is 1. The molecule has 14 heavy (non-hydrogen) atoms. The van der Waals surface area contributed by atoms with E-state index in [1.807, 2.05) is 24.3 Å². The van der Waals surface area contributed by atoms with Crippen molar-refractivity contribution < 1.29 is 4.52 Å². The number of nitrogens with zero attached hydrogens (tertiary/aromatic N) is 1. The maximum atomic E-state index is 5.43. The van der Waals surface area contributed by atoms with E-state index in [0.717, 1.165) is 11.1 Å². The van der Waals surface area contributed by atoms with Crippen LogP contribution >= 0.6 is 0 Å². The van der Waals surface area contributed by atoms with Gasteiger partial charge in [-0.15, -0.1) is 6.42 Å². The van der Waals surface area contributed by atoms with Gasteiger partial charge in [0.05, 0.1) is 0 Å². The number of hydrogen-bond acceptors (Lipinski definition) is 3. The van der Waals surface area contributed by atoms with Gasteiger partial charge in [0.1, 0.15) is 5.69 Å². The Morgan fingerprint density at radius 2 is 2.14 bits per heavy atom. The van der Waals surface area contributed by atoms with Gasteiger partial charge in [-0.1, -0.05) is 29.3 Å². The maximum Gasteiger partial charge on any atom is 0.222 e. The van der Waals surface area contributed by atoms with Gasteiger partial charge in [-0.2, -0.15) is 0 Å². The van der Waals surface area contributed by atoms with Crippen LogP contribution in [0, 0.1) is 12.3 Å². The highest BCUT2D eigenvalue weighted by Gasteiger charge is 2.06. The van der Waals surface area contributed by atoms with Crippen LogP contribution in [0.15, 0.2) is 34.9 Å². The molecule has 1 heterocycles. The van der Waals surface area contributed by atoms with E-state index in [-0.39, 0.29) is 5.88 Å². The zero-order chi connectivity index (χ0) is 9.97. The van der Waals surface area contributed by atoms with Crippen molar-refractivity contribution in [2.24, 2.45) is 0 Å². The van der Waals surface area contributed by atoms with Crippen molar-refractivity contribution in [3.8, 4) is 23.6 Å². The van der Waals surface area contributed by atoms with Gasteiger partial charge >= 0.3 is 0 Å². The van der Waals surface area contributed by atoms with Crippen LogP contribution in [0.3, 0.4) is 0 Å². The number of anilines is 1. The Balaban J connectivity index is 2.57. The summed E-state index contributed by atoms with van der Waals surface area (Å²) in [5, 5.41) is 3.80. The van der Waals surface area contributed by atoms with Gasteiger partial charge in [0.25, 0.3) is 0 Å². The van der Waals surface area contributed by atoms with Crippen molar-refractivity contribution in [3.05, 3.63) is 35.9 Å². The average molecular weight is 184 g/mol. The highest BCUT2D eigenvalue weighted by Crippen LogP contribution is 2.23. The Kier molecular flexibility index (Phi) is 1.96. The Bertz CT molecular complexity index is 494. The maximum absolute atomic E-state index is 5.43. The van der Waals surface area contributed by atoms with Crippen LogP contribution in [0.4, 0.5) is 5.88 Å². The van der Waals surface area contributed by atoms with Crippen molar-refractivity contribution >= 4 is 5.88 Å². The second-order valence-electron chi connectivity index (χ2n) is 2.80. The smallest absolute Gasteiger partial charge is 0.222 e. The third-order valence-corrected chi connectivity index (χ3v) is 1.89. The molecule has 0 spiro atoms. The molecule has 0 saturated heterocycles. The minimum absolute atomic E-state index is 0.284. The van der Waals surface area contributed by atoms with Crippen molar-refractivity contribution in [3.63, 3.8) is 0 Å². The highest BCUT2D eigenvalue weighted by atomic mass is 16.5. The van der Waals surface area contributed by atoms with Crippen LogP contribution < -0.4 is 5.73 Å². The first-order valence-corrected chi connectivity index (χ1v) is 4.09. The molecule has 0 unspecified atom stereocenters. The summed E-state index contributed by atoms with van der Waals surface area (Å²) in [6.07, 6.45) is 5.36. The molecule has 3 nitrogen and oxygen atoms in total. The molecule has 0 atom stereocenters. The molecule has 2 aromatic rings. The van der Waals surface area contributed by atoms with Crippen LogP contribution in [0.1, 0.15) is 5.56 Å². The number of aromatic nitrogens is 1. The standard InChI is InChI=1S/C11H8N2O/c1-2-8-5-3-4-6-9(8)10-7-11(12)14-13-10/h1,3-7H,12H2. The molecule has 0 fully saturated rings. The summed E-state index contributed by atoms with van der Waals surface area (Å²) in [6.45, 7) is 0. The van der Waals surface area contributed by atoms with E-state index in [1.165, 1.54) is 0 Å². The lowest BCUT2D eigenvalue weighted by Crippen LogP contribution is -1.82. The van der Waals surface area contributed by atoms with E-state index in [1.54, 1.807) is 6.07 Å². The number of benzene rings is 1. The third kappa shape index (κ3) is 1.34. The van der Waals surface area contributed by atoms with E-state index >= 15 is 0 Å². The van der Waals surface area contributed by atoms with Crippen LogP contribution in [0.5, 0.6) is 0 Å². The zero-order valence-electron chi connectivity index (χ0n) is 7.40. The second kappa shape index (κ2) is 3.27. The summed E-state index contributed by atoms with van der Waals surface area (Å²) in [5.74, 6) is 2.86. The predicted octanol–water partition coefficient (Wildman–Crippen LogP) is 1.91. The fourth-order valence-corrected chi connectivity index (χ4v) is 1.25. The first-order valence-electron chi connectivity index (χ1n) is 4.09. The zero-order valence-corrected chi connectivity index (χ0v) is 7.40. The van der Waals surface area contributed by atoms with Gasteiger partial charge in [0.15, 0.2) is 0 Å². The first-order chi connectivity index (χ1) is 6.81. The van der Waals surface area contributed by atoms with Gasteiger partial charge < -0.3 is 10.3 Å². The van der Waals surface area contributed by atoms with Crippen LogP contribution in [-0.2, 0) is 0 Å². The summed E-state index contributed by atoms with van der Waals surface area (Å²) in [5.41, 5.74) is 7.73. The minimum Gasteiger partial charge on any atom is -0.368 e. The van der Waals surface area contributed by atoms with Crippen molar-refractivity contribution in [1.29, 1.82) is 0 Å². The molecule has 0 saturated carbocycles. The molecule has 3 heteroatoms. The molecule has 1 aromatic heterocycles. The number of terminal acetylenes is 1. The molecule has 2 N–H and O–H groups in total. The number of hydrogen-bond donors (Lipinski definition) is 1. The molecule has 68 valence electrons. The van der Waals surface area contributed by atoms with Gasteiger partial charge in [0, 0.05) is 17.2 Å². The quantitative estimate of drug-likeness (QED) is 0.688. The molecule has 0 radical (unpaired) electrons. The van der Waals surface area contributed by atoms with Gasteiger partial charge in [-0.3, -0.25) is 0 Å². The predicted molar refractivity (Wildman–Crippen MR) is 54.3 cm³/mol. The Morgan fingerprint density at radius 1 is 1.36 bits per heavy atom. The van der Waals surface area contributed by atoms with Gasteiger partial charge in [-0.25, -0.2) is 0 Å². The van der Waals surface area contributed by atoms with Gasteiger partial charge in [-0.05, 0) is 6.07 Å². The second-order valence-corrected chi connectivity index (χ2v) is 2.80. The summed E-state index contributed by atoms with van der Waals surface area (Å²) in [6, 6.07) is 9.14. The van der Waals surface area contributed by atoms with E-state index in [0.29, 0.717) is 5.69 Å².